The van der Waals surface area contributed by atoms with Crippen LogP contribution in [0.4, 0.5) is 21.7 Å². The van der Waals surface area contributed by atoms with E-state index in [1.165, 1.54) is 0 Å². The van der Waals surface area contributed by atoms with Gasteiger partial charge in [0.2, 0.25) is 0 Å². The molecule has 1 aromatic carbocycles. The molecule has 9 nitrogen and oxygen atoms in total. The van der Waals surface area contributed by atoms with Crippen LogP contribution in [-0.2, 0) is 4.74 Å². The Kier molecular flexibility index (Phi) is 7.39. The molecule has 0 saturated heterocycles. The van der Waals surface area contributed by atoms with E-state index >= 15 is 0 Å². The second kappa shape index (κ2) is 10.6. The minimum atomic E-state index is -0.790. The summed E-state index contributed by atoms with van der Waals surface area (Å²) in [5, 5.41) is 7.01. The number of nitrogens with two attached hydrogens (primary N) is 2. The number of pyridine rings is 2. The average molecular weight is 469 g/mol. The molecular weight excluding hydrogens is 439 g/mol. The Morgan fingerprint density at radius 3 is 2.76 bits per heavy atom. The summed E-state index contributed by atoms with van der Waals surface area (Å²) >= 11 is 0. The van der Waals surface area contributed by atoms with E-state index < -0.39 is 11.7 Å². The number of halogens is 1. The zero-order valence-corrected chi connectivity index (χ0v) is 19.0. The van der Waals surface area contributed by atoms with Crippen molar-refractivity contribution in [1.82, 2.24) is 9.97 Å². The van der Waals surface area contributed by atoms with Gasteiger partial charge in [0.15, 0.2) is 11.6 Å². The highest BCUT2D eigenvalue weighted by Gasteiger charge is 2.24. The molecule has 0 spiro atoms. The monoisotopic (exact) mass is 468 g/mol. The van der Waals surface area contributed by atoms with Crippen LogP contribution in [0, 0.1) is 5.82 Å². The fourth-order valence-corrected chi connectivity index (χ4v) is 4.03. The highest BCUT2D eigenvalue weighted by Crippen LogP contribution is 2.28. The number of aromatic nitrogens is 2. The fraction of sp³-hybridized carbons (Fsp3) is 0.375. The van der Waals surface area contributed by atoms with Crippen molar-refractivity contribution >= 4 is 34.1 Å². The molecule has 3 aromatic rings. The number of rotatable bonds is 9. The topological polar surface area (TPSA) is 137 Å². The summed E-state index contributed by atoms with van der Waals surface area (Å²) in [4.78, 5) is 20.8. The standard InChI is InChI=1S/C24H29FN6O3/c1-33-8-9-34-16-7-6-14-10-15(13-28-21(14)11-16)29-23-17(22(27)32)12-18(25)24(31-23)30-20-5-3-2-4-19(20)26/h6-7,10-13,19-20H,2-5,8-9,26H2,1H3,(H2,27,32)(H2,29,30,31). The molecule has 2 atom stereocenters. The number of carbonyl (C=O) groups excluding carboxylic acids is 1. The number of hydrogen-bond acceptors (Lipinski definition) is 8. The minimum absolute atomic E-state index is 0.0291. The van der Waals surface area contributed by atoms with Crippen molar-refractivity contribution in [3.05, 3.63) is 47.9 Å². The molecule has 1 amide bonds. The number of nitrogens with one attached hydrogen (secondary N) is 2. The van der Waals surface area contributed by atoms with Gasteiger partial charge in [0, 0.05) is 30.6 Å². The summed E-state index contributed by atoms with van der Waals surface area (Å²) in [6.45, 7) is 0.931. The number of ether oxygens (including phenoxy) is 2. The number of primary amides is 1. The van der Waals surface area contributed by atoms with E-state index in [0.717, 1.165) is 42.7 Å². The van der Waals surface area contributed by atoms with Crippen LogP contribution in [0.2, 0.25) is 0 Å². The summed E-state index contributed by atoms with van der Waals surface area (Å²) in [5.41, 5.74) is 12.9. The Hall–Kier alpha value is -3.50. The minimum Gasteiger partial charge on any atom is -0.491 e. The number of fused-ring (bicyclic) bond motifs is 1. The predicted octanol–water partition coefficient (Wildman–Crippen LogP) is 3.32. The van der Waals surface area contributed by atoms with Crippen molar-refractivity contribution in [1.29, 1.82) is 0 Å². The summed E-state index contributed by atoms with van der Waals surface area (Å²) < 4.78 is 25.3. The van der Waals surface area contributed by atoms with E-state index in [2.05, 4.69) is 20.6 Å². The maximum Gasteiger partial charge on any atom is 0.252 e. The molecule has 2 aromatic heterocycles. The third kappa shape index (κ3) is 5.52. The van der Waals surface area contributed by atoms with Crippen molar-refractivity contribution in [2.24, 2.45) is 11.5 Å². The van der Waals surface area contributed by atoms with Crippen LogP contribution >= 0.6 is 0 Å². The molecule has 10 heteroatoms. The largest absolute Gasteiger partial charge is 0.491 e. The first kappa shape index (κ1) is 23.7. The van der Waals surface area contributed by atoms with Gasteiger partial charge in [-0.15, -0.1) is 0 Å². The maximum absolute atomic E-state index is 14.7. The number of anilines is 3. The van der Waals surface area contributed by atoms with Crippen molar-refractivity contribution < 1.29 is 18.7 Å². The molecule has 34 heavy (non-hydrogen) atoms. The third-order valence-electron chi connectivity index (χ3n) is 5.86. The van der Waals surface area contributed by atoms with Crippen LogP contribution in [0.1, 0.15) is 36.0 Å². The zero-order chi connectivity index (χ0) is 24.1. The molecule has 2 heterocycles. The van der Waals surface area contributed by atoms with Crippen molar-refractivity contribution in [3.8, 4) is 5.75 Å². The van der Waals surface area contributed by atoms with Gasteiger partial charge in [-0.3, -0.25) is 9.78 Å². The summed E-state index contributed by atoms with van der Waals surface area (Å²) in [5.74, 6) is -0.593. The van der Waals surface area contributed by atoms with E-state index in [0.29, 0.717) is 24.7 Å². The van der Waals surface area contributed by atoms with Crippen molar-refractivity contribution in [2.75, 3.05) is 31.0 Å². The van der Waals surface area contributed by atoms with Crippen LogP contribution < -0.4 is 26.8 Å². The van der Waals surface area contributed by atoms with Gasteiger partial charge in [-0.05, 0) is 37.1 Å². The summed E-state index contributed by atoms with van der Waals surface area (Å²) in [6, 6.07) is 8.30. The highest BCUT2D eigenvalue weighted by atomic mass is 19.1. The SMILES string of the molecule is COCCOc1ccc2cc(Nc3nc(NC4CCCCC4N)c(F)cc3C(N)=O)cnc2c1. The van der Waals surface area contributed by atoms with Crippen LogP contribution in [0.25, 0.3) is 10.9 Å². The van der Waals surface area contributed by atoms with E-state index in [1.54, 1.807) is 13.3 Å². The molecule has 2 unspecified atom stereocenters. The molecule has 1 aliphatic rings. The molecule has 0 radical (unpaired) electrons. The van der Waals surface area contributed by atoms with Gasteiger partial charge in [-0.1, -0.05) is 12.8 Å². The molecule has 180 valence electrons. The van der Waals surface area contributed by atoms with Gasteiger partial charge < -0.3 is 31.6 Å². The lowest BCUT2D eigenvalue weighted by molar-refractivity contribution is 0.100. The Bertz CT molecular complexity index is 1170. The van der Waals surface area contributed by atoms with E-state index in [4.69, 9.17) is 20.9 Å². The third-order valence-corrected chi connectivity index (χ3v) is 5.86. The molecule has 1 fully saturated rings. The first-order chi connectivity index (χ1) is 16.4. The molecule has 0 aliphatic heterocycles. The highest BCUT2D eigenvalue weighted by molar-refractivity contribution is 5.99. The predicted molar refractivity (Wildman–Crippen MR) is 129 cm³/mol. The molecule has 1 aliphatic carbocycles. The maximum atomic E-state index is 14.7. The molecule has 1 saturated carbocycles. The Morgan fingerprint density at radius 2 is 2.00 bits per heavy atom. The smallest absolute Gasteiger partial charge is 0.252 e. The number of amides is 1. The van der Waals surface area contributed by atoms with Crippen LogP contribution in [-0.4, -0.2) is 48.3 Å². The first-order valence-corrected chi connectivity index (χ1v) is 11.3. The van der Waals surface area contributed by atoms with Crippen molar-refractivity contribution in [3.63, 3.8) is 0 Å². The lowest BCUT2D eigenvalue weighted by Gasteiger charge is -2.30. The summed E-state index contributed by atoms with van der Waals surface area (Å²) in [7, 11) is 1.61. The number of methoxy groups -OCH3 is 1. The second-order valence-corrected chi connectivity index (χ2v) is 8.32. The van der Waals surface area contributed by atoms with Gasteiger partial charge >= 0.3 is 0 Å². The molecule has 6 N–H and O–H groups in total. The zero-order valence-electron chi connectivity index (χ0n) is 19.0. The van der Waals surface area contributed by atoms with E-state index in [9.17, 15) is 9.18 Å². The van der Waals surface area contributed by atoms with E-state index in [-0.39, 0.29) is 29.3 Å². The van der Waals surface area contributed by atoms with Crippen LogP contribution in [0.15, 0.2) is 36.5 Å². The molecule has 0 bridgehead atoms. The van der Waals surface area contributed by atoms with Crippen molar-refractivity contribution in [2.45, 2.75) is 37.8 Å². The van der Waals surface area contributed by atoms with Gasteiger partial charge in [0.25, 0.3) is 5.91 Å². The van der Waals surface area contributed by atoms with Gasteiger partial charge in [-0.25, -0.2) is 9.37 Å². The number of nitrogens with zero attached hydrogens (tertiary/aromatic N) is 2. The number of hydrogen-bond donors (Lipinski definition) is 4. The molecular formula is C24H29FN6O3. The summed E-state index contributed by atoms with van der Waals surface area (Å²) in [6.07, 6.45) is 5.36. The number of carbonyl (C=O) groups is 1. The number of benzene rings is 1. The fourth-order valence-electron chi connectivity index (χ4n) is 4.03. The van der Waals surface area contributed by atoms with Gasteiger partial charge in [-0.2, -0.15) is 0 Å². The van der Waals surface area contributed by atoms with Gasteiger partial charge in [0.05, 0.1) is 29.6 Å². The second-order valence-electron chi connectivity index (χ2n) is 8.32. The van der Waals surface area contributed by atoms with Crippen LogP contribution in [0.5, 0.6) is 5.75 Å². The van der Waals surface area contributed by atoms with Gasteiger partial charge in [0.1, 0.15) is 18.2 Å². The Balaban J connectivity index is 1.58. The first-order valence-electron chi connectivity index (χ1n) is 11.3. The normalized spacial score (nSPS) is 18.0. The lowest BCUT2D eigenvalue weighted by Crippen LogP contribution is -2.43. The van der Waals surface area contributed by atoms with Crippen LogP contribution in [0.3, 0.4) is 0 Å². The quantitative estimate of drug-likeness (QED) is 0.351. The molecule has 4 rings (SSSR count). The average Bonchev–Trinajstić information content (AvgIpc) is 2.82. The Morgan fingerprint density at radius 1 is 1.18 bits per heavy atom. The Labute approximate surface area is 197 Å². The van der Waals surface area contributed by atoms with E-state index in [1.807, 2.05) is 24.3 Å². The lowest BCUT2D eigenvalue weighted by atomic mass is 9.91.